The number of ether oxygens (including phenoxy) is 9. The molecule has 262 valence electrons. The van der Waals surface area contributed by atoms with E-state index < -0.39 is 5.97 Å². The topological polar surface area (TPSA) is 100 Å². The highest BCUT2D eigenvalue weighted by Crippen LogP contribution is 2.12. The Hall–Kier alpha value is -1.11. The second kappa shape index (κ2) is 39.9. The predicted octanol–water partition coefficient (Wildman–Crippen LogP) is 5.94. The van der Waals surface area contributed by atoms with Gasteiger partial charge in [0, 0.05) is 12.7 Å². The Bertz CT molecular complexity index is 564. The molecule has 10 heteroatoms. The third kappa shape index (κ3) is 38.9. The fraction of sp³-hybridized carbons (Fsp3) is 0.912. The van der Waals surface area contributed by atoms with Gasteiger partial charge in [0.15, 0.2) is 0 Å². The van der Waals surface area contributed by atoms with Crippen molar-refractivity contribution in [2.45, 2.75) is 90.4 Å². The molecule has 10 nitrogen and oxygen atoms in total. The average molecular weight is 635 g/mol. The number of hydrogen-bond acceptors (Lipinski definition) is 10. The lowest BCUT2D eigenvalue weighted by Gasteiger charge is -2.09. The smallest absolute Gasteiger partial charge is 0.330 e. The summed E-state index contributed by atoms with van der Waals surface area (Å²) in [6, 6.07) is 0. The molecule has 44 heavy (non-hydrogen) atoms. The molecule has 0 spiro atoms. The molecule has 0 bridgehead atoms. The van der Waals surface area contributed by atoms with Gasteiger partial charge in [0.25, 0.3) is 0 Å². The van der Waals surface area contributed by atoms with Gasteiger partial charge in [-0.25, -0.2) is 4.79 Å². The summed E-state index contributed by atoms with van der Waals surface area (Å²) in [6.07, 6.45) is 18.9. The number of rotatable bonds is 39. The lowest BCUT2D eigenvalue weighted by atomic mass is 10.0. The van der Waals surface area contributed by atoms with Gasteiger partial charge in [-0.3, -0.25) is 0 Å². The number of carbonyl (C=O) groups is 1. The Morgan fingerprint density at radius 2 is 0.636 bits per heavy atom. The molecule has 0 atom stereocenters. The Morgan fingerprint density at radius 3 is 0.932 bits per heavy atom. The van der Waals surface area contributed by atoms with Gasteiger partial charge in [0.1, 0.15) is 6.61 Å². The molecule has 0 saturated carbocycles. The highest BCUT2D eigenvalue weighted by Gasteiger charge is 1.98. The summed E-state index contributed by atoms with van der Waals surface area (Å²) in [5.74, 6) is -0.452. The number of hydrogen-bond donors (Lipinski definition) is 0. The minimum Gasteiger partial charge on any atom is -0.460 e. The fourth-order valence-electron chi connectivity index (χ4n) is 4.12. The van der Waals surface area contributed by atoms with Crippen molar-refractivity contribution in [3.63, 3.8) is 0 Å². The number of unbranched alkanes of at least 4 members (excludes halogenated alkanes) is 12. The largest absolute Gasteiger partial charge is 0.460 e. The van der Waals surface area contributed by atoms with Crippen LogP contribution in [0.1, 0.15) is 90.4 Å². The molecule has 0 rings (SSSR count). The van der Waals surface area contributed by atoms with Crippen LogP contribution in [0.15, 0.2) is 12.7 Å². The highest BCUT2D eigenvalue weighted by atomic mass is 16.6. The summed E-state index contributed by atoms with van der Waals surface area (Å²) >= 11 is 0. The van der Waals surface area contributed by atoms with E-state index in [4.69, 9.17) is 42.6 Å². The summed E-state index contributed by atoms with van der Waals surface area (Å²) < 4.78 is 48.6. The molecule has 0 heterocycles. The van der Waals surface area contributed by atoms with Crippen molar-refractivity contribution in [1.82, 2.24) is 0 Å². The summed E-state index contributed by atoms with van der Waals surface area (Å²) in [4.78, 5) is 10.8. The minimum atomic E-state index is -0.452. The van der Waals surface area contributed by atoms with Crippen molar-refractivity contribution in [3.05, 3.63) is 12.7 Å². The molecule has 0 aliphatic carbocycles. The molecular formula is C34H66O10. The Balaban J connectivity index is 3.05. The van der Waals surface area contributed by atoms with Crippen LogP contribution in [0.5, 0.6) is 0 Å². The first-order valence-electron chi connectivity index (χ1n) is 17.2. The number of esters is 1. The van der Waals surface area contributed by atoms with Gasteiger partial charge in [0.2, 0.25) is 0 Å². The van der Waals surface area contributed by atoms with E-state index in [1.165, 1.54) is 77.0 Å². The van der Waals surface area contributed by atoms with Crippen LogP contribution in [0.3, 0.4) is 0 Å². The Kier molecular flexibility index (Phi) is 38.9. The van der Waals surface area contributed by atoms with Gasteiger partial charge in [-0.2, -0.15) is 0 Å². The average Bonchev–Trinajstić information content (AvgIpc) is 3.04. The monoisotopic (exact) mass is 634 g/mol. The minimum absolute atomic E-state index is 0.207. The molecule has 0 aliphatic heterocycles. The van der Waals surface area contributed by atoms with Crippen LogP contribution in [0, 0.1) is 0 Å². The molecule has 0 radical (unpaired) electrons. The van der Waals surface area contributed by atoms with E-state index in [0.717, 1.165) is 19.1 Å². The van der Waals surface area contributed by atoms with Gasteiger partial charge in [-0.1, -0.05) is 90.6 Å². The lowest BCUT2D eigenvalue weighted by Crippen LogP contribution is -2.15. The van der Waals surface area contributed by atoms with E-state index in [9.17, 15) is 4.79 Å². The second-order valence-corrected chi connectivity index (χ2v) is 10.5. The number of carbonyl (C=O) groups excluding carboxylic acids is 1. The van der Waals surface area contributed by atoms with Gasteiger partial charge >= 0.3 is 5.97 Å². The van der Waals surface area contributed by atoms with E-state index >= 15 is 0 Å². The van der Waals surface area contributed by atoms with E-state index in [0.29, 0.717) is 99.1 Å². The lowest BCUT2D eigenvalue weighted by molar-refractivity contribution is -0.139. The quantitative estimate of drug-likeness (QED) is 0.0459. The Labute approximate surface area is 268 Å². The van der Waals surface area contributed by atoms with Crippen LogP contribution >= 0.6 is 0 Å². The summed E-state index contributed by atoms with van der Waals surface area (Å²) in [5.41, 5.74) is 0. The normalized spacial score (nSPS) is 11.3. The van der Waals surface area contributed by atoms with Crippen molar-refractivity contribution in [2.24, 2.45) is 0 Å². The van der Waals surface area contributed by atoms with Crippen LogP contribution in [0.4, 0.5) is 0 Å². The van der Waals surface area contributed by atoms with Crippen LogP contribution < -0.4 is 0 Å². The van der Waals surface area contributed by atoms with Crippen molar-refractivity contribution in [2.75, 3.05) is 112 Å². The molecule has 0 N–H and O–H groups in total. The van der Waals surface area contributed by atoms with Crippen LogP contribution in [0.25, 0.3) is 0 Å². The predicted molar refractivity (Wildman–Crippen MR) is 173 cm³/mol. The first kappa shape index (κ1) is 42.9. The maximum absolute atomic E-state index is 10.8. The third-order valence-corrected chi connectivity index (χ3v) is 6.63. The molecule has 0 amide bonds. The first-order valence-corrected chi connectivity index (χ1v) is 17.2. The summed E-state index contributed by atoms with van der Waals surface area (Å²) in [7, 11) is 0. The molecule has 0 aromatic heterocycles. The van der Waals surface area contributed by atoms with Crippen molar-refractivity contribution in [1.29, 1.82) is 0 Å². The van der Waals surface area contributed by atoms with Crippen molar-refractivity contribution < 1.29 is 47.4 Å². The molecule has 0 aliphatic rings. The zero-order valence-electron chi connectivity index (χ0n) is 28.1. The fourth-order valence-corrected chi connectivity index (χ4v) is 4.12. The summed E-state index contributed by atoms with van der Waals surface area (Å²) in [5, 5.41) is 0. The van der Waals surface area contributed by atoms with Gasteiger partial charge in [-0.05, 0) is 6.42 Å². The van der Waals surface area contributed by atoms with Crippen LogP contribution in [-0.2, 0) is 47.4 Å². The standard InChI is InChI=1S/C34H66O10/c1-3-5-6-7-8-9-10-11-12-13-14-15-16-17-36-18-19-37-20-21-38-22-23-39-24-25-40-26-27-41-28-29-42-30-31-43-32-33-44-34(35)4-2/h4H,2-3,5-33H2,1H3. The van der Waals surface area contributed by atoms with Crippen LogP contribution in [-0.4, -0.2) is 118 Å². The van der Waals surface area contributed by atoms with E-state index in [2.05, 4.69) is 13.5 Å². The summed E-state index contributed by atoms with van der Waals surface area (Å²) in [6.45, 7) is 14.3. The van der Waals surface area contributed by atoms with Gasteiger partial charge in [-0.15, -0.1) is 0 Å². The molecule has 0 aromatic carbocycles. The molecule has 0 fully saturated rings. The first-order chi connectivity index (χ1) is 21.8. The Morgan fingerprint density at radius 1 is 0.386 bits per heavy atom. The van der Waals surface area contributed by atoms with Crippen molar-refractivity contribution in [3.8, 4) is 0 Å². The van der Waals surface area contributed by atoms with Crippen LogP contribution in [0.2, 0.25) is 0 Å². The zero-order chi connectivity index (χ0) is 31.9. The highest BCUT2D eigenvalue weighted by molar-refractivity contribution is 5.81. The maximum Gasteiger partial charge on any atom is 0.330 e. The molecule has 0 unspecified atom stereocenters. The molecule has 0 aromatic rings. The van der Waals surface area contributed by atoms with Crippen molar-refractivity contribution >= 4 is 5.97 Å². The van der Waals surface area contributed by atoms with Gasteiger partial charge < -0.3 is 42.6 Å². The van der Waals surface area contributed by atoms with Gasteiger partial charge in [0.05, 0.1) is 99.1 Å². The molecular weight excluding hydrogens is 568 g/mol. The third-order valence-electron chi connectivity index (χ3n) is 6.63. The van der Waals surface area contributed by atoms with E-state index in [-0.39, 0.29) is 6.61 Å². The SMILES string of the molecule is C=CC(=O)OCCOCCOCCOCCOCCOCCOCCOCCOCCCCCCCCCCCCCCC. The molecule has 0 saturated heterocycles. The van der Waals surface area contributed by atoms with E-state index in [1.54, 1.807) is 0 Å². The maximum atomic E-state index is 10.8. The second-order valence-electron chi connectivity index (χ2n) is 10.5. The van der Waals surface area contributed by atoms with E-state index in [1.807, 2.05) is 0 Å². The zero-order valence-corrected chi connectivity index (χ0v) is 28.1.